The lowest BCUT2D eigenvalue weighted by Crippen LogP contribution is -2.01. The molecular formula is C15H13NO2. The van der Waals surface area contributed by atoms with E-state index in [9.17, 15) is 5.11 Å². The van der Waals surface area contributed by atoms with Crippen LogP contribution in [0.15, 0.2) is 59.8 Å². The molecule has 0 radical (unpaired) electrons. The molecule has 0 bridgehead atoms. The molecule has 2 aromatic carbocycles. The highest BCUT2D eigenvalue weighted by molar-refractivity contribution is 6.03. The van der Waals surface area contributed by atoms with E-state index in [1.54, 1.807) is 12.1 Å². The molecule has 0 saturated heterocycles. The van der Waals surface area contributed by atoms with E-state index >= 15 is 0 Å². The molecule has 18 heavy (non-hydrogen) atoms. The Hall–Kier alpha value is -2.29. The summed E-state index contributed by atoms with van der Waals surface area (Å²) in [5.41, 5.74) is 2.64. The highest BCUT2D eigenvalue weighted by atomic mass is 16.6. The zero-order chi connectivity index (χ0) is 12.4. The van der Waals surface area contributed by atoms with Crippen LogP contribution >= 0.6 is 0 Å². The lowest BCUT2D eigenvalue weighted by atomic mass is 10.00. The Morgan fingerprint density at radius 3 is 2.50 bits per heavy atom. The summed E-state index contributed by atoms with van der Waals surface area (Å²) in [7, 11) is 0. The maximum absolute atomic E-state index is 9.79. The van der Waals surface area contributed by atoms with Gasteiger partial charge < -0.3 is 9.94 Å². The van der Waals surface area contributed by atoms with E-state index in [2.05, 4.69) is 5.16 Å². The molecule has 1 aliphatic rings. The summed E-state index contributed by atoms with van der Waals surface area (Å²) >= 11 is 0. The van der Waals surface area contributed by atoms with E-state index in [1.807, 2.05) is 42.5 Å². The van der Waals surface area contributed by atoms with Crippen molar-refractivity contribution in [2.45, 2.75) is 12.5 Å². The number of para-hydroxylation sites is 1. The number of aromatic hydroxyl groups is 1. The second-order valence-corrected chi connectivity index (χ2v) is 4.26. The zero-order valence-corrected chi connectivity index (χ0v) is 9.78. The topological polar surface area (TPSA) is 41.8 Å². The summed E-state index contributed by atoms with van der Waals surface area (Å²) in [6.07, 6.45) is 0.627. The lowest BCUT2D eigenvalue weighted by Gasteiger charge is -2.07. The number of rotatable bonds is 2. The van der Waals surface area contributed by atoms with Gasteiger partial charge in [0.2, 0.25) is 0 Å². The van der Waals surface area contributed by atoms with Gasteiger partial charge in [0.05, 0.1) is 5.71 Å². The third-order valence-corrected chi connectivity index (χ3v) is 3.06. The van der Waals surface area contributed by atoms with E-state index in [-0.39, 0.29) is 11.9 Å². The molecule has 1 unspecified atom stereocenters. The first-order valence-electron chi connectivity index (χ1n) is 5.90. The van der Waals surface area contributed by atoms with Crippen LogP contribution in [0.2, 0.25) is 0 Å². The number of hydrogen-bond acceptors (Lipinski definition) is 3. The van der Waals surface area contributed by atoms with Gasteiger partial charge in [-0.3, -0.25) is 0 Å². The zero-order valence-electron chi connectivity index (χ0n) is 9.78. The van der Waals surface area contributed by atoms with Crippen LogP contribution in [0.3, 0.4) is 0 Å². The van der Waals surface area contributed by atoms with Crippen LogP contribution in [0.5, 0.6) is 5.75 Å². The van der Waals surface area contributed by atoms with Gasteiger partial charge in [0, 0.05) is 12.0 Å². The van der Waals surface area contributed by atoms with Crippen molar-refractivity contribution < 1.29 is 9.94 Å². The van der Waals surface area contributed by atoms with Crippen molar-refractivity contribution in [1.82, 2.24) is 0 Å². The highest BCUT2D eigenvalue weighted by Crippen LogP contribution is 2.31. The molecule has 3 heteroatoms. The molecule has 1 aliphatic heterocycles. The normalized spacial score (nSPS) is 18.2. The van der Waals surface area contributed by atoms with Crippen LogP contribution in [0.1, 0.15) is 23.7 Å². The molecule has 3 nitrogen and oxygen atoms in total. The lowest BCUT2D eigenvalue weighted by molar-refractivity contribution is 0.0857. The Kier molecular flexibility index (Phi) is 2.73. The highest BCUT2D eigenvalue weighted by Gasteiger charge is 2.24. The molecule has 2 aromatic rings. The second kappa shape index (κ2) is 4.53. The minimum Gasteiger partial charge on any atom is -0.507 e. The molecule has 1 heterocycles. The molecule has 3 rings (SSSR count). The predicted molar refractivity (Wildman–Crippen MR) is 69.5 cm³/mol. The molecule has 0 spiro atoms. The van der Waals surface area contributed by atoms with Gasteiger partial charge in [-0.05, 0) is 17.7 Å². The van der Waals surface area contributed by atoms with E-state index in [0.29, 0.717) is 6.42 Å². The molecule has 0 aliphatic carbocycles. The van der Waals surface area contributed by atoms with Crippen LogP contribution in [0.25, 0.3) is 0 Å². The summed E-state index contributed by atoms with van der Waals surface area (Å²) in [6.45, 7) is 0. The summed E-state index contributed by atoms with van der Waals surface area (Å²) in [5.74, 6) is 0.244. The average molecular weight is 239 g/mol. The molecule has 0 saturated carbocycles. The van der Waals surface area contributed by atoms with Crippen molar-refractivity contribution in [3.8, 4) is 5.75 Å². The van der Waals surface area contributed by atoms with Crippen LogP contribution in [0, 0.1) is 0 Å². The fourth-order valence-electron chi connectivity index (χ4n) is 2.10. The first-order chi connectivity index (χ1) is 8.84. The van der Waals surface area contributed by atoms with Crippen molar-refractivity contribution >= 4 is 5.71 Å². The molecule has 1 atom stereocenters. The number of oxime groups is 1. The first-order valence-corrected chi connectivity index (χ1v) is 5.90. The van der Waals surface area contributed by atoms with Crippen LogP contribution in [-0.4, -0.2) is 10.8 Å². The Morgan fingerprint density at radius 2 is 1.72 bits per heavy atom. The SMILES string of the molecule is Oc1ccccc1C1=NOC(c2ccccc2)C1. The number of phenolic OH excluding ortho intramolecular Hbond substituents is 1. The quantitative estimate of drug-likeness (QED) is 0.874. The number of benzene rings is 2. The monoisotopic (exact) mass is 239 g/mol. The molecular weight excluding hydrogens is 226 g/mol. The smallest absolute Gasteiger partial charge is 0.158 e. The van der Waals surface area contributed by atoms with Crippen molar-refractivity contribution in [2.24, 2.45) is 5.16 Å². The molecule has 0 aromatic heterocycles. The Bertz CT molecular complexity index is 578. The standard InChI is InChI=1S/C15H13NO2/c17-14-9-5-4-8-12(14)13-10-15(18-16-13)11-6-2-1-3-7-11/h1-9,15,17H,10H2. The summed E-state index contributed by atoms with van der Waals surface area (Å²) < 4.78 is 0. The number of phenols is 1. The Balaban J connectivity index is 1.82. The van der Waals surface area contributed by atoms with Gasteiger partial charge in [0.1, 0.15) is 5.75 Å². The molecule has 90 valence electrons. The Labute approximate surface area is 105 Å². The van der Waals surface area contributed by atoms with Gasteiger partial charge in [-0.1, -0.05) is 47.6 Å². The van der Waals surface area contributed by atoms with Gasteiger partial charge in [-0.25, -0.2) is 0 Å². The molecule has 0 amide bonds. The van der Waals surface area contributed by atoms with E-state index < -0.39 is 0 Å². The van der Waals surface area contributed by atoms with Gasteiger partial charge in [-0.2, -0.15) is 0 Å². The predicted octanol–water partition coefficient (Wildman–Crippen LogP) is 3.26. The van der Waals surface area contributed by atoms with Crippen molar-refractivity contribution in [1.29, 1.82) is 0 Å². The first kappa shape index (κ1) is 10.8. The van der Waals surface area contributed by atoms with Crippen LogP contribution in [0.4, 0.5) is 0 Å². The summed E-state index contributed by atoms with van der Waals surface area (Å²) in [4.78, 5) is 5.44. The third-order valence-electron chi connectivity index (χ3n) is 3.06. The van der Waals surface area contributed by atoms with E-state index in [0.717, 1.165) is 16.8 Å². The van der Waals surface area contributed by atoms with E-state index in [1.165, 1.54) is 0 Å². The third kappa shape index (κ3) is 1.95. The maximum atomic E-state index is 9.79. The summed E-state index contributed by atoms with van der Waals surface area (Å²) in [6, 6.07) is 17.2. The second-order valence-electron chi connectivity index (χ2n) is 4.26. The fourth-order valence-corrected chi connectivity index (χ4v) is 2.10. The minimum absolute atomic E-state index is 0.0548. The largest absolute Gasteiger partial charge is 0.507 e. The van der Waals surface area contributed by atoms with Gasteiger partial charge in [0.15, 0.2) is 6.10 Å². The maximum Gasteiger partial charge on any atom is 0.158 e. The van der Waals surface area contributed by atoms with Crippen molar-refractivity contribution in [3.63, 3.8) is 0 Å². The molecule has 0 fully saturated rings. The van der Waals surface area contributed by atoms with Crippen LogP contribution in [-0.2, 0) is 4.84 Å². The Morgan fingerprint density at radius 1 is 1.00 bits per heavy atom. The van der Waals surface area contributed by atoms with E-state index in [4.69, 9.17) is 4.84 Å². The van der Waals surface area contributed by atoms with Crippen molar-refractivity contribution in [3.05, 3.63) is 65.7 Å². The van der Waals surface area contributed by atoms with Gasteiger partial charge in [0.25, 0.3) is 0 Å². The fraction of sp³-hybridized carbons (Fsp3) is 0.133. The number of hydrogen-bond donors (Lipinski definition) is 1. The summed E-state index contributed by atoms with van der Waals surface area (Å²) in [5, 5.41) is 13.9. The number of nitrogens with zero attached hydrogens (tertiary/aromatic N) is 1. The van der Waals surface area contributed by atoms with Gasteiger partial charge in [-0.15, -0.1) is 0 Å². The van der Waals surface area contributed by atoms with Gasteiger partial charge >= 0.3 is 0 Å². The molecule has 1 N–H and O–H groups in total. The minimum atomic E-state index is -0.0548. The van der Waals surface area contributed by atoms with Crippen LogP contribution < -0.4 is 0 Å². The van der Waals surface area contributed by atoms with Crippen molar-refractivity contribution in [2.75, 3.05) is 0 Å². The average Bonchev–Trinajstić information content (AvgIpc) is 2.90.